The highest BCUT2D eigenvalue weighted by atomic mass is 19.4. The van der Waals surface area contributed by atoms with E-state index in [4.69, 9.17) is 5.73 Å². The molecule has 3 heterocycles. The maximum Gasteiger partial charge on any atom is 0.493 e. The predicted octanol–water partition coefficient (Wildman–Crippen LogP) is 2.81. The number of aryl methyl sites for hydroxylation is 2. The molecule has 10 nitrogen and oxygen atoms in total. The maximum atomic E-state index is 12.9. The second-order valence-electron chi connectivity index (χ2n) is 8.27. The zero-order chi connectivity index (χ0) is 27.8. The standard InChI is InChI=1S/C23H19F5N6O4/c1-12-6-14(7-13-2-3-18(35)34(19(12)13)38-21(36)23(26,27)28)17-8-16(4-5-30-17)32-11-31-33(22(32)37)10-15(9-29)20(24)25/h4-8,11H,2-3,9-10,29H2,1H3. The van der Waals surface area contributed by atoms with Gasteiger partial charge in [-0.15, -0.1) is 5.06 Å². The molecule has 0 aliphatic carbocycles. The third-order valence-electron chi connectivity index (χ3n) is 5.73. The van der Waals surface area contributed by atoms with Gasteiger partial charge in [0.15, 0.2) is 0 Å². The predicted molar refractivity (Wildman–Crippen MR) is 122 cm³/mol. The van der Waals surface area contributed by atoms with Crippen molar-refractivity contribution in [1.82, 2.24) is 19.3 Å². The number of hydrogen-bond acceptors (Lipinski definition) is 7. The fourth-order valence-electron chi connectivity index (χ4n) is 3.91. The Hall–Kier alpha value is -4.40. The van der Waals surface area contributed by atoms with E-state index in [1.807, 2.05) is 0 Å². The topological polar surface area (TPSA) is 125 Å². The van der Waals surface area contributed by atoms with E-state index in [0.717, 1.165) is 15.6 Å². The first-order chi connectivity index (χ1) is 17.9. The molecule has 15 heteroatoms. The van der Waals surface area contributed by atoms with Gasteiger partial charge in [-0.2, -0.15) is 27.1 Å². The fraction of sp³-hybridized carbons (Fsp3) is 0.261. The van der Waals surface area contributed by atoms with Crippen LogP contribution >= 0.6 is 0 Å². The third-order valence-corrected chi connectivity index (χ3v) is 5.73. The number of benzene rings is 1. The average Bonchev–Trinajstić information content (AvgIpc) is 3.23. The van der Waals surface area contributed by atoms with Crippen LogP contribution in [0, 0.1) is 6.92 Å². The van der Waals surface area contributed by atoms with Gasteiger partial charge in [0.05, 0.1) is 23.6 Å². The molecular formula is C23H19F5N6O4. The number of carbonyl (C=O) groups excluding carboxylic acids is 2. The zero-order valence-electron chi connectivity index (χ0n) is 19.6. The largest absolute Gasteiger partial charge is 0.493 e. The molecule has 0 unspecified atom stereocenters. The molecule has 1 aliphatic heterocycles. The van der Waals surface area contributed by atoms with Gasteiger partial charge < -0.3 is 10.6 Å². The number of anilines is 1. The number of pyridine rings is 1. The highest BCUT2D eigenvalue weighted by Gasteiger charge is 2.44. The van der Waals surface area contributed by atoms with Gasteiger partial charge in [0, 0.05) is 30.3 Å². The summed E-state index contributed by atoms with van der Waals surface area (Å²) in [5.41, 5.74) is 6.16. The fourth-order valence-corrected chi connectivity index (χ4v) is 3.91. The average molecular weight is 538 g/mol. The van der Waals surface area contributed by atoms with Gasteiger partial charge in [-0.05, 0) is 48.7 Å². The minimum Gasteiger partial charge on any atom is -0.327 e. The quantitative estimate of drug-likeness (QED) is 0.479. The van der Waals surface area contributed by atoms with Crippen LogP contribution in [0.1, 0.15) is 17.5 Å². The number of hydroxylamine groups is 1. The van der Waals surface area contributed by atoms with Crippen LogP contribution in [0.25, 0.3) is 16.9 Å². The number of hydrogen-bond donors (Lipinski definition) is 1. The molecule has 0 radical (unpaired) electrons. The highest BCUT2D eigenvalue weighted by Crippen LogP contribution is 2.36. The summed E-state index contributed by atoms with van der Waals surface area (Å²) in [4.78, 5) is 45.0. The van der Waals surface area contributed by atoms with Gasteiger partial charge in [0.25, 0.3) is 12.0 Å². The SMILES string of the molecule is Cc1cc(-c2cc(-n3cnn(CC(CN)=C(F)F)c3=O)ccn2)cc2c1N(OC(=O)C(F)(F)F)C(=O)CC2. The number of aromatic nitrogens is 4. The van der Waals surface area contributed by atoms with Gasteiger partial charge >= 0.3 is 17.8 Å². The van der Waals surface area contributed by atoms with Crippen molar-refractivity contribution >= 4 is 17.6 Å². The monoisotopic (exact) mass is 538 g/mol. The summed E-state index contributed by atoms with van der Waals surface area (Å²) in [6, 6.07) is 6.14. The van der Waals surface area contributed by atoms with Crippen molar-refractivity contribution in [2.75, 3.05) is 11.6 Å². The Morgan fingerprint density at radius 2 is 1.89 bits per heavy atom. The first-order valence-electron chi connectivity index (χ1n) is 11.0. The highest BCUT2D eigenvalue weighted by molar-refractivity contribution is 5.98. The molecule has 3 aromatic rings. The number of fused-ring (bicyclic) bond motifs is 1. The van der Waals surface area contributed by atoms with Crippen LogP contribution in [0.4, 0.5) is 27.6 Å². The van der Waals surface area contributed by atoms with Gasteiger partial charge in [-0.25, -0.2) is 18.8 Å². The van der Waals surface area contributed by atoms with E-state index in [9.17, 15) is 36.3 Å². The molecule has 1 amide bonds. The number of alkyl halides is 3. The molecule has 1 aliphatic rings. The van der Waals surface area contributed by atoms with Crippen molar-refractivity contribution in [2.45, 2.75) is 32.5 Å². The molecule has 200 valence electrons. The molecule has 1 aromatic carbocycles. The molecule has 0 atom stereocenters. The number of rotatable bonds is 6. The summed E-state index contributed by atoms with van der Waals surface area (Å²) < 4.78 is 66.0. The summed E-state index contributed by atoms with van der Waals surface area (Å²) in [5, 5.41) is 4.21. The number of halogens is 5. The lowest BCUT2D eigenvalue weighted by Crippen LogP contribution is -2.41. The first-order valence-corrected chi connectivity index (χ1v) is 11.0. The molecule has 0 saturated heterocycles. The van der Waals surface area contributed by atoms with Crippen LogP contribution in [-0.4, -0.2) is 43.9 Å². The van der Waals surface area contributed by atoms with Crippen molar-refractivity contribution in [1.29, 1.82) is 0 Å². The van der Waals surface area contributed by atoms with Crippen LogP contribution in [0.15, 0.2) is 53.2 Å². The summed E-state index contributed by atoms with van der Waals surface area (Å²) in [5.74, 6) is -3.33. The molecular weight excluding hydrogens is 519 g/mol. The number of amides is 1. The van der Waals surface area contributed by atoms with E-state index in [1.54, 1.807) is 6.07 Å². The summed E-state index contributed by atoms with van der Waals surface area (Å²) in [6.07, 6.45) is -4.74. The van der Waals surface area contributed by atoms with Crippen molar-refractivity contribution in [3.05, 3.63) is 70.1 Å². The normalized spacial score (nSPS) is 13.3. The Kier molecular flexibility index (Phi) is 7.13. The number of nitrogens with zero attached hydrogens (tertiary/aromatic N) is 5. The van der Waals surface area contributed by atoms with Gasteiger partial charge in [-0.1, -0.05) is 0 Å². The molecule has 0 saturated carbocycles. The number of nitrogens with two attached hydrogens (primary N) is 1. The van der Waals surface area contributed by atoms with E-state index >= 15 is 0 Å². The lowest BCUT2D eigenvalue weighted by molar-refractivity contribution is -0.201. The summed E-state index contributed by atoms with van der Waals surface area (Å²) in [6.45, 7) is 0.595. The van der Waals surface area contributed by atoms with E-state index in [1.165, 1.54) is 31.3 Å². The van der Waals surface area contributed by atoms with Gasteiger partial charge in [0.1, 0.15) is 6.33 Å². The van der Waals surface area contributed by atoms with Crippen LogP contribution in [0.2, 0.25) is 0 Å². The molecule has 0 fully saturated rings. The lowest BCUT2D eigenvalue weighted by Gasteiger charge is -2.29. The molecule has 4 rings (SSSR count). The zero-order valence-corrected chi connectivity index (χ0v) is 19.6. The minimum absolute atomic E-state index is 0.0279. The molecule has 2 aromatic heterocycles. The van der Waals surface area contributed by atoms with Crippen LogP contribution in [0.3, 0.4) is 0 Å². The van der Waals surface area contributed by atoms with Gasteiger partial charge in [-0.3, -0.25) is 9.78 Å². The molecule has 38 heavy (non-hydrogen) atoms. The van der Waals surface area contributed by atoms with Crippen molar-refractivity contribution < 1.29 is 36.4 Å². The van der Waals surface area contributed by atoms with Crippen molar-refractivity contribution in [2.24, 2.45) is 5.73 Å². The second-order valence-corrected chi connectivity index (χ2v) is 8.27. The molecule has 0 bridgehead atoms. The summed E-state index contributed by atoms with van der Waals surface area (Å²) >= 11 is 0. The Morgan fingerprint density at radius 3 is 2.55 bits per heavy atom. The smallest absolute Gasteiger partial charge is 0.327 e. The van der Waals surface area contributed by atoms with Crippen molar-refractivity contribution in [3.8, 4) is 16.9 Å². The first kappa shape index (κ1) is 26.7. The Bertz CT molecular complexity index is 1510. The lowest BCUT2D eigenvalue weighted by atomic mass is 9.95. The van der Waals surface area contributed by atoms with E-state index in [0.29, 0.717) is 33.1 Å². The van der Waals surface area contributed by atoms with E-state index in [2.05, 4.69) is 14.9 Å². The van der Waals surface area contributed by atoms with E-state index < -0.39 is 48.5 Å². The Balaban J connectivity index is 1.68. The molecule has 0 spiro atoms. The van der Waals surface area contributed by atoms with Crippen LogP contribution in [-0.2, 0) is 27.4 Å². The van der Waals surface area contributed by atoms with E-state index in [-0.39, 0.29) is 18.5 Å². The third kappa shape index (κ3) is 5.18. The Morgan fingerprint density at radius 1 is 1.16 bits per heavy atom. The van der Waals surface area contributed by atoms with Gasteiger partial charge in [0.2, 0.25) is 0 Å². The maximum absolute atomic E-state index is 12.9. The second kappa shape index (κ2) is 10.2. The Labute approximate surface area is 210 Å². The van der Waals surface area contributed by atoms with Crippen LogP contribution in [0.5, 0.6) is 0 Å². The summed E-state index contributed by atoms with van der Waals surface area (Å²) in [7, 11) is 0. The molecule has 2 N–H and O–H groups in total. The number of carbonyl (C=O) groups is 2. The minimum atomic E-state index is -5.29. The van der Waals surface area contributed by atoms with Crippen LogP contribution < -0.4 is 16.5 Å². The van der Waals surface area contributed by atoms with Crippen molar-refractivity contribution in [3.63, 3.8) is 0 Å².